The molecule has 1 unspecified atom stereocenters. The van der Waals surface area contributed by atoms with Crippen molar-refractivity contribution < 1.29 is 4.74 Å². The summed E-state index contributed by atoms with van der Waals surface area (Å²) in [5.41, 5.74) is 9.57. The van der Waals surface area contributed by atoms with Gasteiger partial charge in [0.25, 0.3) is 0 Å². The van der Waals surface area contributed by atoms with E-state index in [2.05, 4.69) is 58.8 Å². The van der Waals surface area contributed by atoms with Crippen molar-refractivity contribution in [2.45, 2.75) is 39.3 Å². The molecule has 1 atom stereocenters. The quantitative estimate of drug-likeness (QED) is 0.893. The van der Waals surface area contributed by atoms with Crippen molar-refractivity contribution in [1.29, 1.82) is 0 Å². The molecule has 0 spiro atoms. The second kappa shape index (κ2) is 5.29. The minimum Gasteiger partial charge on any atom is -0.496 e. The predicted octanol–water partition coefficient (Wildman–Crippen LogP) is 2.65. The first-order valence-corrected chi connectivity index (χ1v) is 6.29. The van der Waals surface area contributed by atoms with Crippen LogP contribution in [0.3, 0.4) is 0 Å². The predicted molar refractivity (Wildman–Crippen MR) is 77.2 cm³/mol. The number of nitrogens with zero attached hydrogens (tertiary/aromatic N) is 1. The first-order chi connectivity index (χ1) is 8.18. The van der Waals surface area contributed by atoms with Gasteiger partial charge in [-0.05, 0) is 58.5 Å². The third kappa shape index (κ3) is 3.03. The van der Waals surface area contributed by atoms with Crippen molar-refractivity contribution >= 4 is 0 Å². The molecule has 0 aromatic heterocycles. The summed E-state index contributed by atoms with van der Waals surface area (Å²) in [5.74, 6) is 0.964. The zero-order valence-corrected chi connectivity index (χ0v) is 12.7. The van der Waals surface area contributed by atoms with Crippen LogP contribution in [-0.2, 0) is 0 Å². The Morgan fingerprint density at radius 3 is 1.89 bits per heavy atom. The number of aryl methyl sites for hydroxylation is 2. The summed E-state index contributed by atoms with van der Waals surface area (Å²) in [6.45, 7) is 8.27. The first-order valence-electron chi connectivity index (χ1n) is 6.29. The van der Waals surface area contributed by atoms with Gasteiger partial charge in [-0.25, -0.2) is 0 Å². The van der Waals surface area contributed by atoms with Crippen LogP contribution in [0.2, 0.25) is 0 Å². The van der Waals surface area contributed by atoms with E-state index in [-0.39, 0.29) is 11.6 Å². The molecular formula is C15H26N2O. The molecule has 0 heterocycles. The monoisotopic (exact) mass is 250 g/mol. The zero-order chi connectivity index (χ0) is 14.1. The van der Waals surface area contributed by atoms with Crippen molar-refractivity contribution in [3.05, 3.63) is 28.8 Å². The van der Waals surface area contributed by atoms with Crippen LogP contribution in [0.15, 0.2) is 12.1 Å². The molecule has 0 aliphatic carbocycles. The molecule has 3 heteroatoms. The van der Waals surface area contributed by atoms with Crippen LogP contribution in [0, 0.1) is 13.8 Å². The number of likely N-dealkylation sites (N-methyl/N-ethyl adjacent to an activating group) is 1. The summed E-state index contributed by atoms with van der Waals surface area (Å²) < 4.78 is 5.41. The van der Waals surface area contributed by atoms with E-state index in [0.717, 1.165) is 16.9 Å². The summed E-state index contributed by atoms with van der Waals surface area (Å²) >= 11 is 0. The van der Waals surface area contributed by atoms with Crippen molar-refractivity contribution in [2.75, 3.05) is 21.2 Å². The number of benzene rings is 1. The second-order valence-electron chi connectivity index (χ2n) is 5.88. The van der Waals surface area contributed by atoms with Crippen LogP contribution in [0.4, 0.5) is 0 Å². The first kappa shape index (κ1) is 15.0. The normalized spacial score (nSPS) is 13.8. The van der Waals surface area contributed by atoms with Gasteiger partial charge < -0.3 is 15.4 Å². The molecule has 1 aromatic rings. The fraction of sp³-hybridized carbons (Fsp3) is 0.600. The molecule has 0 radical (unpaired) electrons. The van der Waals surface area contributed by atoms with Gasteiger partial charge in [0.1, 0.15) is 5.75 Å². The van der Waals surface area contributed by atoms with E-state index in [1.54, 1.807) is 7.11 Å². The maximum Gasteiger partial charge on any atom is 0.124 e. The Morgan fingerprint density at radius 2 is 1.61 bits per heavy atom. The lowest BCUT2D eigenvalue weighted by Crippen LogP contribution is -2.45. The van der Waals surface area contributed by atoms with E-state index >= 15 is 0 Å². The van der Waals surface area contributed by atoms with Gasteiger partial charge >= 0.3 is 0 Å². The summed E-state index contributed by atoms with van der Waals surface area (Å²) in [4.78, 5) is 2.17. The molecule has 0 aliphatic rings. The molecule has 1 rings (SSSR count). The average molecular weight is 250 g/mol. The van der Waals surface area contributed by atoms with Gasteiger partial charge in [-0.15, -0.1) is 0 Å². The van der Waals surface area contributed by atoms with E-state index in [1.165, 1.54) is 5.56 Å². The lowest BCUT2D eigenvalue weighted by atomic mass is 9.87. The SMILES string of the molecule is COc1c(C)cc(C(N(C)C)C(C)(C)N)cc1C. The van der Waals surface area contributed by atoms with Crippen LogP contribution in [-0.4, -0.2) is 31.6 Å². The Labute approximate surface area is 111 Å². The maximum atomic E-state index is 6.31. The van der Waals surface area contributed by atoms with Crippen LogP contribution < -0.4 is 10.5 Å². The van der Waals surface area contributed by atoms with Gasteiger partial charge in [0.2, 0.25) is 0 Å². The average Bonchev–Trinajstić information content (AvgIpc) is 2.13. The molecular weight excluding hydrogens is 224 g/mol. The van der Waals surface area contributed by atoms with Crippen LogP contribution in [0.1, 0.15) is 36.6 Å². The highest BCUT2D eigenvalue weighted by molar-refractivity contribution is 5.44. The smallest absolute Gasteiger partial charge is 0.124 e. The third-order valence-corrected chi connectivity index (χ3v) is 3.22. The van der Waals surface area contributed by atoms with Gasteiger partial charge in [0, 0.05) is 5.54 Å². The summed E-state index contributed by atoms with van der Waals surface area (Å²) in [6, 6.07) is 4.52. The Kier molecular flexibility index (Phi) is 4.41. The fourth-order valence-electron chi connectivity index (χ4n) is 2.86. The van der Waals surface area contributed by atoms with Crippen molar-refractivity contribution in [1.82, 2.24) is 4.90 Å². The van der Waals surface area contributed by atoms with Gasteiger partial charge in [0.15, 0.2) is 0 Å². The van der Waals surface area contributed by atoms with E-state index in [1.807, 2.05) is 0 Å². The Bertz CT molecular complexity index is 396. The van der Waals surface area contributed by atoms with Gasteiger partial charge in [-0.1, -0.05) is 12.1 Å². The van der Waals surface area contributed by atoms with Crippen molar-refractivity contribution in [2.24, 2.45) is 5.73 Å². The Morgan fingerprint density at radius 1 is 1.17 bits per heavy atom. The molecule has 2 N–H and O–H groups in total. The molecule has 18 heavy (non-hydrogen) atoms. The minimum atomic E-state index is -0.295. The number of methoxy groups -OCH3 is 1. The summed E-state index contributed by atoms with van der Waals surface area (Å²) in [7, 11) is 5.84. The third-order valence-electron chi connectivity index (χ3n) is 3.22. The number of hydrogen-bond acceptors (Lipinski definition) is 3. The zero-order valence-electron chi connectivity index (χ0n) is 12.7. The van der Waals surface area contributed by atoms with Crippen LogP contribution in [0.5, 0.6) is 5.75 Å². The van der Waals surface area contributed by atoms with Gasteiger partial charge in [-0.2, -0.15) is 0 Å². The number of rotatable bonds is 4. The summed E-state index contributed by atoms with van der Waals surface area (Å²) in [6.07, 6.45) is 0. The molecule has 0 saturated heterocycles. The van der Waals surface area contributed by atoms with E-state index < -0.39 is 0 Å². The van der Waals surface area contributed by atoms with Crippen molar-refractivity contribution in [3.63, 3.8) is 0 Å². The van der Waals surface area contributed by atoms with Crippen LogP contribution >= 0.6 is 0 Å². The molecule has 0 fully saturated rings. The van der Waals surface area contributed by atoms with Gasteiger partial charge in [0.05, 0.1) is 13.2 Å². The molecule has 102 valence electrons. The highest BCUT2D eigenvalue weighted by Crippen LogP contribution is 2.33. The number of ether oxygens (including phenoxy) is 1. The molecule has 3 nitrogen and oxygen atoms in total. The highest BCUT2D eigenvalue weighted by Gasteiger charge is 2.29. The van der Waals surface area contributed by atoms with E-state index in [0.29, 0.717) is 0 Å². The highest BCUT2D eigenvalue weighted by atomic mass is 16.5. The molecule has 0 bridgehead atoms. The summed E-state index contributed by atoms with van der Waals surface area (Å²) in [5, 5.41) is 0. The molecule has 0 amide bonds. The van der Waals surface area contributed by atoms with E-state index in [4.69, 9.17) is 10.5 Å². The standard InChI is InChI=1S/C15H26N2O/c1-10-8-12(9-11(2)13(10)18-7)14(17(5)6)15(3,4)16/h8-9,14H,16H2,1-7H3. The molecule has 1 aromatic carbocycles. The molecule has 0 saturated carbocycles. The largest absolute Gasteiger partial charge is 0.496 e. The van der Waals surface area contributed by atoms with Crippen LogP contribution in [0.25, 0.3) is 0 Å². The topological polar surface area (TPSA) is 38.5 Å². The minimum absolute atomic E-state index is 0.181. The molecule has 0 aliphatic heterocycles. The van der Waals surface area contributed by atoms with Crippen molar-refractivity contribution in [3.8, 4) is 5.75 Å². The number of nitrogens with two attached hydrogens (primary N) is 1. The lowest BCUT2D eigenvalue weighted by Gasteiger charge is -2.36. The number of hydrogen-bond donors (Lipinski definition) is 1. The Balaban J connectivity index is 3.31. The van der Waals surface area contributed by atoms with Gasteiger partial charge in [-0.3, -0.25) is 0 Å². The maximum absolute atomic E-state index is 6.31. The second-order valence-corrected chi connectivity index (χ2v) is 5.88. The lowest BCUT2D eigenvalue weighted by molar-refractivity contribution is 0.204. The van der Waals surface area contributed by atoms with E-state index in [9.17, 15) is 0 Å². The Hall–Kier alpha value is -1.06. The fourth-order valence-corrected chi connectivity index (χ4v) is 2.86.